The molecule has 156 valence electrons. The van der Waals surface area contributed by atoms with Crippen LogP contribution >= 0.6 is 11.3 Å². The highest BCUT2D eigenvalue weighted by molar-refractivity contribution is 7.17. The fourth-order valence-corrected chi connectivity index (χ4v) is 3.94. The van der Waals surface area contributed by atoms with Gasteiger partial charge in [0.15, 0.2) is 0 Å². The van der Waals surface area contributed by atoms with Crippen LogP contribution in [0.3, 0.4) is 0 Å². The first-order chi connectivity index (χ1) is 13.5. The molecule has 0 aliphatic heterocycles. The maximum atomic E-state index is 12.9. The van der Waals surface area contributed by atoms with E-state index in [9.17, 15) is 26.3 Å². The average Bonchev–Trinajstić information content (AvgIpc) is 3.03. The number of hydrogen-bond donors (Lipinski definition) is 1. The van der Waals surface area contributed by atoms with E-state index in [-0.39, 0.29) is 18.2 Å². The second-order valence-corrected chi connectivity index (χ2v) is 7.56. The lowest BCUT2D eigenvalue weighted by atomic mass is 10.0. The first kappa shape index (κ1) is 21.6. The fraction of sp³-hybridized carbons (Fsp3) is 0.300. The van der Waals surface area contributed by atoms with Crippen LogP contribution in [-0.2, 0) is 30.1 Å². The summed E-state index contributed by atoms with van der Waals surface area (Å²) in [6.45, 7) is -0.396. The van der Waals surface area contributed by atoms with Gasteiger partial charge in [0.2, 0.25) is 0 Å². The molecule has 1 aromatic heterocycles. The smallest absolute Gasteiger partial charge is 0.375 e. The summed E-state index contributed by atoms with van der Waals surface area (Å²) in [6.07, 6.45) is -9.28. The van der Waals surface area contributed by atoms with Gasteiger partial charge in [0.1, 0.15) is 0 Å². The van der Waals surface area contributed by atoms with E-state index in [4.69, 9.17) is 10.5 Å². The van der Waals surface area contributed by atoms with Crippen molar-refractivity contribution in [1.82, 2.24) is 0 Å². The minimum absolute atomic E-state index is 0.00176. The van der Waals surface area contributed by atoms with Gasteiger partial charge < -0.3 is 10.5 Å². The molecule has 2 nitrogen and oxygen atoms in total. The van der Waals surface area contributed by atoms with Gasteiger partial charge in [0.05, 0.1) is 24.3 Å². The minimum atomic E-state index is -4.88. The zero-order chi connectivity index (χ0) is 21.2. The molecule has 0 spiro atoms. The third-order valence-electron chi connectivity index (χ3n) is 4.29. The molecule has 1 unspecified atom stereocenters. The molecular weight excluding hydrogens is 416 g/mol. The van der Waals surface area contributed by atoms with Crippen molar-refractivity contribution >= 4 is 21.4 Å². The molecule has 0 radical (unpaired) electrons. The van der Waals surface area contributed by atoms with Crippen molar-refractivity contribution in [3.05, 3.63) is 70.1 Å². The van der Waals surface area contributed by atoms with Crippen molar-refractivity contribution in [2.24, 2.45) is 5.73 Å². The summed E-state index contributed by atoms with van der Waals surface area (Å²) >= 11 is 1.57. The van der Waals surface area contributed by atoms with Crippen molar-refractivity contribution in [1.29, 1.82) is 0 Å². The van der Waals surface area contributed by atoms with Crippen LogP contribution in [0.2, 0.25) is 0 Å². The molecule has 0 fully saturated rings. The normalized spacial score (nSPS) is 13.8. The highest BCUT2D eigenvalue weighted by atomic mass is 32.1. The largest absolute Gasteiger partial charge is 0.416 e. The highest BCUT2D eigenvalue weighted by Crippen LogP contribution is 2.36. The van der Waals surface area contributed by atoms with Crippen molar-refractivity contribution in [3.8, 4) is 0 Å². The number of hydrogen-bond acceptors (Lipinski definition) is 3. The Morgan fingerprint density at radius 2 is 1.55 bits per heavy atom. The molecule has 9 heteroatoms. The summed E-state index contributed by atoms with van der Waals surface area (Å²) in [6, 6.07) is 8.76. The zero-order valence-electron chi connectivity index (χ0n) is 15.0. The monoisotopic (exact) mass is 433 g/mol. The van der Waals surface area contributed by atoms with E-state index in [0.717, 1.165) is 15.6 Å². The van der Waals surface area contributed by atoms with Gasteiger partial charge in [0.25, 0.3) is 0 Å². The SMILES string of the molecule is NC(COCc1cc(C(F)(F)F)cc(C(F)(F)F)c1)Cc1csc2ccccc12. The lowest BCUT2D eigenvalue weighted by Gasteiger charge is -2.15. The third kappa shape index (κ3) is 5.49. The van der Waals surface area contributed by atoms with Crippen LogP contribution in [0.5, 0.6) is 0 Å². The maximum Gasteiger partial charge on any atom is 0.416 e. The maximum absolute atomic E-state index is 12.9. The number of alkyl halides is 6. The molecule has 0 aliphatic carbocycles. The average molecular weight is 433 g/mol. The molecule has 3 rings (SSSR count). The number of benzene rings is 2. The van der Waals surface area contributed by atoms with Crippen LogP contribution in [0.25, 0.3) is 10.1 Å². The van der Waals surface area contributed by atoms with Gasteiger partial charge in [-0.2, -0.15) is 26.3 Å². The van der Waals surface area contributed by atoms with Gasteiger partial charge in [-0.1, -0.05) is 18.2 Å². The number of nitrogens with two attached hydrogens (primary N) is 1. The molecule has 2 N–H and O–H groups in total. The van der Waals surface area contributed by atoms with Crippen LogP contribution in [0.4, 0.5) is 26.3 Å². The molecule has 0 bridgehead atoms. The van der Waals surface area contributed by atoms with E-state index in [1.165, 1.54) is 0 Å². The summed E-state index contributed by atoms with van der Waals surface area (Å²) in [5, 5.41) is 3.05. The molecule has 3 aromatic rings. The summed E-state index contributed by atoms with van der Waals surface area (Å²) in [4.78, 5) is 0. The zero-order valence-corrected chi connectivity index (χ0v) is 15.8. The van der Waals surface area contributed by atoms with Gasteiger partial charge >= 0.3 is 12.4 Å². The summed E-state index contributed by atoms with van der Waals surface area (Å²) < 4.78 is 83.8. The number of rotatable bonds is 6. The molecule has 29 heavy (non-hydrogen) atoms. The van der Waals surface area contributed by atoms with Crippen LogP contribution in [0, 0.1) is 0 Å². The second-order valence-electron chi connectivity index (χ2n) is 6.65. The number of ether oxygens (including phenoxy) is 1. The van der Waals surface area contributed by atoms with E-state index in [2.05, 4.69) is 0 Å². The van der Waals surface area contributed by atoms with Gasteiger partial charge in [-0.25, -0.2) is 0 Å². The molecule has 1 atom stereocenters. The van der Waals surface area contributed by atoms with E-state index in [1.54, 1.807) is 11.3 Å². The lowest BCUT2D eigenvalue weighted by molar-refractivity contribution is -0.143. The Labute approximate surface area is 166 Å². The van der Waals surface area contributed by atoms with Crippen molar-refractivity contribution < 1.29 is 31.1 Å². The molecule has 2 aromatic carbocycles. The predicted octanol–water partition coefficient (Wildman–Crippen LogP) is 6.03. The van der Waals surface area contributed by atoms with E-state index < -0.39 is 36.1 Å². The van der Waals surface area contributed by atoms with Crippen LogP contribution in [0.15, 0.2) is 47.8 Å². The van der Waals surface area contributed by atoms with Crippen LogP contribution < -0.4 is 5.73 Å². The van der Waals surface area contributed by atoms with Gasteiger partial charge in [-0.05, 0) is 52.6 Å². The Bertz CT molecular complexity index is 947. The predicted molar refractivity (Wildman–Crippen MR) is 99.6 cm³/mol. The van der Waals surface area contributed by atoms with Crippen LogP contribution in [-0.4, -0.2) is 12.6 Å². The minimum Gasteiger partial charge on any atom is -0.375 e. The topological polar surface area (TPSA) is 35.2 Å². The van der Waals surface area contributed by atoms with Gasteiger partial charge in [-0.15, -0.1) is 11.3 Å². The van der Waals surface area contributed by atoms with Gasteiger partial charge in [-0.3, -0.25) is 0 Å². The Morgan fingerprint density at radius 1 is 0.931 bits per heavy atom. The third-order valence-corrected chi connectivity index (χ3v) is 5.30. The Morgan fingerprint density at radius 3 is 2.17 bits per heavy atom. The van der Waals surface area contributed by atoms with E-state index in [0.29, 0.717) is 18.6 Å². The first-order valence-corrected chi connectivity index (χ1v) is 9.49. The van der Waals surface area contributed by atoms with Crippen LogP contribution in [0.1, 0.15) is 22.3 Å². The number of thiophene rings is 1. The highest BCUT2D eigenvalue weighted by Gasteiger charge is 2.36. The Balaban J connectivity index is 1.65. The number of fused-ring (bicyclic) bond motifs is 1. The first-order valence-electron chi connectivity index (χ1n) is 8.61. The summed E-state index contributed by atoms with van der Waals surface area (Å²) in [5.41, 5.74) is 4.14. The molecule has 0 aliphatic rings. The van der Waals surface area contributed by atoms with Crippen molar-refractivity contribution in [2.45, 2.75) is 31.4 Å². The quantitative estimate of drug-likeness (QED) is 0.482. The molecule has 0 saturated carbocycles. The van der Waals surface area contributed by atoms with Crippen molar-refractivity contribution in [2.75, 3.05) is 6.61 Å². The van der Waals surface area contributed by atoms with Crippen molar-refractivity contribution in [3.63, 3.8) is 0 Å². The summed E-state index contributed by atoms with van der Waals surface area (Å²) in [5.74, 6) is 0. The molecular formula is C20H17F6NOS. The summed E-state index contributed by atoms with van der Waals surface area (Å²) in [7, 11) is 0. The second kappa shape index (κ2) is 8.33. The molecule has 0 saturated heterocycles. The van der Waals surface area contributed by atoms with E-state index in [1.807, 2.05) is 29.6 Å². The van der Waals surface area contributed by atoms with E-state index >= 15 is 0 Å². The molecule has 1 heterocycles. The molecule has 0 amide bonds. The Kier molecular flexibility index (Phi) is 6.21. The number of halogens is 6. The lowest BCUT2D eigenvalue weighted by Crippen LogP contribution is -2.28. The Hall–Kier alpha value is -2.10. The fourth-order valence-electron chi connectivity index (χ4n) is 2.96. The van der Waals surface area contributed by atoms with Gasteiger partial charge in [0, 0.05) is 10.7 Å². The standard InChI is InChI=1S/C20H17F6NOS/c21-19(22,23)14-5-12(6-15(8-14)20(24,25)26)9-28-10-16(27)7-13-11-29-18-4-2-1-3-17(13)18/h1-6,8,11,16H,7,9-10,27H2.